The van der Waals surface area contributed by atoms with Crippen LogP contribution < -0.4 is 5.32 Å². The minimum atomic E-state index is 0.811. The molecular formula is C18H37N3. The lowest BCUT2D eigenvalue weighted by molar-refractivity contribution is 0.205. The Bertz CT molecular complexity index is 278. The lowest BCUT2D eigenvalue weighted by Gasteiger charge is -2.27. The van der Waals surface area contributed by atoms with E-state index in [-0.39, 0.29) is 0 Å². The Morgan fingerprint density at radius 1 is 1.10 bits per heavy atom. The second kappa shape index (κ2) is 9.12. The molecule has 21 heavy (non-hydrogen) atoms. The maximum atomic E-state index is 3.78. The van der Waals surface area contributed by atoms with Gasteiger partial charge in [-0.3, -0.25) is 4.90 Å². The zero-order valence-electron chi connectivity index (χ0n) is 14.6. The monoisotopic (exact) mass is 295 g/mol. The Hall–Kier alpha value is -0.120. The Morgan fingerprint density at radius 2 is 1.90 bits per heavy atom. The second-order valence-electron chi connectivity index (χ2n) is 7.00. The van der Waals surface area contributed by atoms with Crippen molar-refractivity contribution in [1.82, 2.24) is 15.1 Å². The minimum absolute atomic E-state index is 0.811. The van der Waals surface area contributed by atoms with Crippen LogP contribution >= 0.6 is 0 Å². The summed E-state index contributed by atoms with van der Waals surface area (Å²) in [6.45, 7) is 14.4. The highest BCUT2D eigenvalue weighted by molar-refractivity contribution is 4.86. The van der Waals surface area contributed by atoms with Crippen LogP contribution in [-0.2, 0) is 0 Å². The van der Waals surface area contributed by atoms with Gasteiger partial charge in [-0.2, -0.15) is 0 Å². The third-order valence-electron chi connectivity index (χ3n) is 5.71. The van der Waals surface area contributed by atoms with Crippen LogP contribution in [0, 0.1) is 5.92 Å². The number of hydrogen-bond donors (Lipinski definition) is 1. The van der Waals surface area contributed by atoms with Gasteiger partial charge >= 0.3 is 0 Å². The van der Waals surface area contributed by atoms with Crippen LogP contribution in [-0.4, -0.2) is 61.2 Å². The van der Waals surface area contributed by atoms with Crippen molar-refractivity contribution in [2.75, 3.05) is 39.3 Å². The van der Waals surface area contributed by atoms with Crippen LogP contribution in [0.4, 0.5) is 0 Å². The van der Waals surface area contributed by atoms with Gasteiger partial charge in [0.05, 0.1) is 0 Å². The second-order valence-corrected chi connectivity index (χ2v) is 7.00. The van der Waals surface area contributed by atoms with E-state index in [9.17, 15) is 0 Å². The number of likely N-dealkylation sites (tertiary alicyclic amines) is 1. The number of rotatable bonds is 9. The van der Waals surface area contributed by atoms with Gasteiger partial charge in [0.25, 0.3) is 0 Å². The fourth-order valence-corrected chi connectivity index (χ4v) is 4.38. The predicted molar refractivity (Wildman–Crippen MR) is 91.8 cm³/mol. The quantitative estimate of drug-likeness (QED) is 0.705. The van der Waals surface area contributed by atoms with Crippen LogP contribution in [0.15, 0.2) is 0 Å². The van der Waals surface area contributed by atoms with Crippen molar-refractivity contribution in [1.29, 1.82) is 0 Å². The van der Waals surface area contributed by atoms with Crippen molar-refractivity contribution < 1.29 is 0 Å². The first-order valence-electron chi connectivity index (χ1n) is 9.48. The minimum Gasteiger partial charge on any atom is -0.314 e. The summed E-state index contributed by atoms with van der Waals surface area (Å²) in [5.41, 5.74) is 0. The molecule has 1 aliphatic carbocycles. The Morgan fingerprint density at radius 3 is 2.62 bits per heavy atom. The van der Waals surface area contributed by atoms with Crippen LogP contribution in [0.5, 0.6) is 0 Å². The predicted octanol–water partition coefficient (Wildman–Crippen LogP) is 2.96. The molecule has 0 radical (unpaired) electrons. The molecule has 0 spiro atoms. The SMILES string of the molecule is CCCNC1CCCC1CCN1CCC(N(CC)CC)C1. The van der Waals surface area contributed by atoms with Gasteiger partial charge in [-0.05, 0) is 70.7 Å². The molecule has 1 N–H and O–H groups in total. The normalized spacial score (nSPS) is 30.6. The fraction of sp³-hybridized carbons (Fsp3) is 1.00. The number of likely N-dealkylation sites (N-methyl/N-ethyl adjacent to an activating group) is 1. The molecule has 0 aromatic carbocycles. The summed E-state index contributed by atoms with van der Waals surface area (Å²) >= 11 is 0. The maximum Gasteiger partial charge on any atom is 0.0235 e. The summed E-state index contributed by atoms with van der Waals surface area (Å²) in [6, 6.07) is 1.63. The molecule has 2 aliphatic rings. The van der Waals surface area contributed by atoms with Gasteiger partial charge in [0.2, 0.25) is 0 Å². The molecular weight excluding hydrogens is 258 g/mol. The third-order valence-corrected chi connectivity index (χ3v) is 5.71. The van der Waals surface area contributed by atoms with Gasteiger partial charge in [-0.1, -0.05) is 27.2 Å². The summed E-state index contributed by atoms with van der Waals surface area (Å²) < 4.78 is 0. The van der Waals surface area contributed by atoms with Crippen LogP contribution in [0.25, 0.3) is 0 Å². The summed E-state index contributed by atoms with van der Waals surface area (Å²) in [5, 5.41) is 3.78. The molecule has 1 aliphatic heterocycles. The van der Waals surface area contributed by atoms with E-state index >= 15 is 0 Å². The van der Waals surface area contributed by atoms with E-state index in [2.05, 4.69) is 35.9 Å². The molecule has 0 bridgehead atoms. The van der Waals surface area contributed by atoms with E-state index < -0.39 is 0 Å². The average Bonchev–Trinajstić information content (AvgIpc) is 3.13. The standard InChI is InChI=1S/C18H37N3/c1-4-12-19-18-9-7-8-16(18)10-13-20-14-11-17(15-20)21(5-2)6-3/h16-19H,4-15H2,1-3H3. The highest BCUT2D eigenvalue weighted by Gasteiger charge is 2.29. The topological polar surface area (TPSA) is 18.5 Å². The summed E-state index contributed by atoms with van der Waals surface area (Å²) in [6.07, 6.45) is 8.35. The highest BCUT2D eigenvalue weighted by Crippen LogP contribution is 2.29. The first kappa shape index (κ1) is 17.2. The average molecular weight is 296 g/mol. The van der Waals surface area contributed by atoms with Crippen molar-refractivity contribution >= 4 is 0 Å². The van der Waals surface area contributed by atoms with Gasteiger partial charge in [0.1, 0.15) is 0 Å². The van der Waals surface area contributed by atoms with E-state index in [1.807, 2.05) is 0 Å². The number of hydrogen-bond acceptors (Lipinski definition) is 3. The highest BCUT2D eigenvalue weighted by atomic mass is 15.2. The van der Waals surface area contributed by atoms with Gasteiger partial charge < -0.3 is 10.2 Å². The number of nitrogens with one attached hydrogen (secondary N) is 1. The van der Waals surface area contributed by atoms with Crippen molar-refractivity contribution in [3.63, 3.8) is 0 Å². The largest absolute Gasteiger partial charge is 0.314 e. The van der Waals surface area contributed by atoms with E-state index in [0.717, 1.165) is 18.0 Å². The molecule has 3 heteroatoms. The van der Waals surface area contributed by atoms with E-state index in [1.165, 1.54) is 77.8 Å². The van der Waals surface area contributed by atoms with Gasteiger partial charge in [-0.25, -0.2) is 0 Å². The van der Waals surface area contributed by atoms with Gasteiger partial charge in [-0.15, -0.1) is 0 Å². The van der Waals surface area contributed by atoms with Crippen molar-refractivity contribution in [3.8, 4) is 0 Å². The fourth-order valence-electron chi connectivity index (χ4n) is 4.38. The first-order chi connectivity index (χ1) is 10.3. The molecule has 0 aromatic rings. The Labute approximate surface area is 132 Å². The van der Waals surface area contributed by atoms with Crippen molar-refractivity contribution in [2.24, 2.45) is 5.92 Å². The third kappa shape index (κ3) is 4.94. The summed E-state index contributed by atoms with van der Waals surface area (Å²) in [5.74, 6) is 0.934. The molecule has 3 atom stereocenters. The molecule has 124 valence electrons. The zero-order valence-corrected chi connectivity index (χ0v) is 14.6. The molecule has 2 rings (SSSR count). The molecule has 2 fully saturated rings. The van der Waals surface area contributed by atoms with Crippen molar-refractivity contribution in [2.45, 2.75) is 71.4 Å². The first-order valence-corrected chi connectivity index (χ1v) is 9.48. The van der Waals surface area contributed by atoms with E-state index in [1.54, 1.807) is 0 Å². The Kier molecular flexibility index (Phi) is 7.48. The van der Waals surface area contributed by atoms with E-state index in [0.29, 0.717) is 0 Å². The lowest BCUT2D eigenvalue weighted by atomic mass is 9.99. The molecule has 1 heterocycles. The van der Waals surface area contributed by atoms with E-state index in [4.69, 9.17) is 0 Å². The van der Waals surface area contributed by atoms with Gasteiger partial charge in [0.15, 0.2) is 0 Å². The smallest absolute Gasteiger partial charge is 0.0235 e. The molecule has 3 nitrogen and oxygen atoms in total. The van der Waals surface area contributed by atoms with Crippen LogP contribution in [0.2, 0.25) is 0 Å². The molecule has 3 unspecified atom stereocenters. The van der Waals surface area contributed by atoms with Crippen molar-refractivity contribution in [3.05, 3.63) is 0 Å². The lowest BCUT2D eigenvalue weighted by Crippen LogP contribution is -2.38. The summed E-state index contributed by atoms with van der Waals surface area (Å²) in [7, 11) is 0. The zero-order chi connectivity index (χ0) is 15.1. The Balaban J connectivity index is 1.69. The molecule has 1 saturated carbocycles. The number of nitrogens with zero attached hydrogens (tertiary/aromatic N) is 2. The molecule has 0 amide bonds. The van der Waals surface area contributed by atoms with Gasteiger partial charge in [0, 0.05) is 18.6 Å². The van der Waals surface area contributed by atoms with Crippen LogP contribution in [0.1, 0.15) is 59.3 Å². The maximum absolute atomic E-state index is 3.78. The van der Waals surface area contributed by atoms with Crippen LogP contribution in [0.3, 0.4) is 0 Å². The molecule has 1 saturated heterocycles. The summed E-state index contributed by atoms with van der Waals surface area (Å²) in [4.78, 5) is 5.36. The molecule has 0 aromatic heterocycles.